The zero-order valence-corrected chi connectivity index (χ0v) is 37.0. The fourth-order valence-corrected chi connectivity index (χ4v) is 5.45. The summed E-state index contributed by atoms with van der Waals surface area (Å²) in [5, 5.41) is 0. The Morgan fingerprint density at radius 2 is 0.947 bits per heavy atom. The first kappa shape index (κ1) is 47.6. The van der Waals surface area contributed by atoms with E-state index in [0.717, 1.165) is 28.9 Å². The Morgan fingerprint density at radius 1 is 0.561 bits per heavy atom. The Balaban J connectivity index is 0.000000326. The lowest BCUT2D eigenvalue weighted by molar-refractivity contribution is 0.111. The molecule has 0 radical (unpaired) electrons. The van der Waals surface area contributed by atoms with Crippen molar-refractivity contribution in [2.75, 3.05) is 41.7 Å². The second-order valence-corrected chi connectivity index (χ2v) is 13.7. The highest BCUT2D eigenvalue weighted by Crippen LogP contribution is 2.34. The molecule has 304 valence electrons. The van der Waals surface area contributed by atoms with Crippen molar-refractivity contribution in [1.82, 2.24) is 0 Å². The molecule has 0 atom stereocenters. The number of halogens is 1. The predicted octanol–water partition coefficient (Wildman–Crippen LogP) is 9.69. The van der Waals surface area contributed by atoms with Gasteiger partial charge >= 0.3 is 0 Å². The average Bonchev–Trinajstić information content (AvgIpc) is 3.19. The maximum absolute atomic E-state index is 11.6. The summed E-state index contributed by atoms with van der Waals surface area (Å²) in [5.74, 6) is 13.7. The maximum atomic E-state index is 11.6. The lowest BCUT2D eigenvalue weighted by Crippen LogP contribution is -2.07. The van der Waals surface area contributed by atoms with Crippen LogP contribution < -0.4 is 37.9 Å². The second-order valence-electron chi connectivity index (χ2n) is 12.6. The van der Waals surface area contributed by atoms with Gasteiger partial charge in [-0.15, -0.1) is 6.42 Å². The van der Waals surface area contributed by atoms with Crippen molar-refractivity contribution < 1.29 is 47.5 Å². The molecule has 0 saturated heterocycles. The van der Waals surface area contributed by atoms with E-state index in [1.54, 1.807) is 45.6 Å². The first-order chi connectivity index (χ1) is 27.2. The van der Waals surface area contributed by atoms with E-state index in [1.807, 2.05) is 72.7 Å². The fourth-order valence-electron chi connectivity index (χ4n) is 5.01. The summed E-state index contributed by atoms with van der Waals surface area (Å²) < 4.78 is 44.6. The molecule has 0 aromatic heterocycles. The van der Waals surface area contributed by atoms with Gasteiger partial charge in [-0.25, -0.2) is 0 Å². The van der Waals surface area contributed by atoms with Gasteiger partial charge in [0.1, 0.15) is 0 Å². The summed E-state index contributed by atoms with van der Waals surface area (Å²) in [6.45, 7) is 16.7. The van der Waals surface area contributed by atoms with Crippen molar-refractivity contribution in [2.45, 2.75) is 67.6 Å². The van der Waals surface area contributed by atoms with Crippen LogP contribution in [0, 0.1) is 41.6 Å². The summed E-state index contributed by atoms with van der Waals surface area (Å²) in [4.78, 5) is 22.4. The highest BCUT2D eigenvalue weighted by atomic mass is 127. The number of carbonyl (C=O) groups excluding carboxylic acids is 2. The van der Waals surface area contributed by atoms with E-state index in [0.29, 0.717) is 76.3 Å². The molecule has 0 aliphatic heterocycles. The monoisotopic (exact) mass is 892 g/mol. The van der Waals surface area contributed by atoms with Gasteiger partial charge in [0, 0.05) is 43.5 Å². The smallest absolute Gasteiger partial charge is 0.162 e. The van der Waals surface area contributed by atoms with Crippen LogP contribution in [-0.4, -0.2) is 66.4 Å². The van der Waals surface area contributed by atoms with Crippen LogP contribution in [-0.2, 0) is 0 Å². The highest BCUT2D eigenvalue weighted by Gasteiger charge is 2.14. The van der Waals surface area contributed by atoms with Gasteiger partial charge in [0.05, 0.1) is 53.9 Å². The number of ether oxygens (including phenoxy) is 8. The number of rotatable bonds is 14. The van der Waals surface area contributed by atoms with Gasteiger partial charge in [-0.2, -0.15) is 0 Å². The molecular formula is C46H53IO10. The van der Waals surface area contributed by atoms with E-state index in [1.165, 1.54) is 16.2 Å². The standard InChI is InChI=1S/C23H26O5.C13H14O3.C10H13IO2/c1-7-27-22-11-17(16(4)10-20(22)25-5)8-9-18-12-21(26-6)23(28-15(2)3)13-19(18)14-24;1-5-10-6-12(15-4)13(16-9(2)3)7-11(10)8-14;1-4-13-10-6-8(11)7(2)5-9(10)12-3/h10-15H,7H2,1-6H3;1,6-9H,2-4H3;5-6H,4H2,1-3H3. The summed E-state index contributed by atoms with van der Waals surface area (Å²) in [5.41, 5.74) is 4.90. The quantitative estimate of drug-likeness (QED) is 0.0690. The number of hydrogen-bond acceptors (Lipinski definition) is 10. The van der Waals surface area contributed by atoms with Crippen LogP contribution in [0.1, 0.15) is 90.1 Å². The Labute approximate surface area is 351 Å². The molecule has 0 N–H and O–H groups in total. The molecule has 11 heteroatoms. The van der Waals surface area contributed by atoms with Gasteiger partial charge in [0.15, 0.2) is 58.6 Å². The fraction of sp³-hybridized carbons (Fsp3) is 0.348. The van der Waals surface area contributed by atoms with Crippen molar-refractivity contribution in [3.8, 4) is 70.2 Å². The Morgan fingerprint density at radius 3 is 1.37 bits per heavy atom. The summed E-state index contributed by atoms with van der Waals surface area (Å²) in [6.07, 6.45) is 6.74. The van der Waals surface area contributed by atoms with E-state index in [2.05, 4.69) is 47.3 Å². The second kappa shape index (κ2) is 24.2. The van der Waals surface area contributed by atoms with Gasteiger partial charge in [-0.05, 0) is 126 Å². The molecule has 4 rings (SSSR count). The molecule has 0 aliphatic carbocycles. The summed E-state index contributed by atoms with van der Waals surface area (Å²) in [6, 6.07) is 14.3. The third kappa shape index (κ3) is 14.2. The first-order valence-electron chi connectivity index (χ1n) is 18.2. The van der Waals surface area contributed by atoms with Crippen molar-refractivity contribution in [1.29, 1.82) is 0 Å². The van der Waals surface area contributed by atoms with Crippen molar-refractivity contribution in [3.63, 3.8) is 0 Å². The number of aryl methyl sites for hydroxylation is 2. The van der Waals surface area contributed by atoms with Crippen molar-refractivity contribution in [3.05, 3.63) is 91.0 Å². The van der Waals surface area contributed by atoms with Crippen LogP contribution in [0.3, 0.4) is 0 Å². The molecule has 4 aromatic carbocycles. The van der Waals surface area contributed by atoms with E-state index < -0.39 is 0 Å². The van der Waals surface area contributed by atoms with Crippen LogP contribution in [0.5, 0.6) is 46.0 Å². The van der Waals surface area contributed by atoms with Gasteiger partial charge < -0.3 is 37.9 Å². The van der Waals surface area contributed by atoms with Crippen LogP contribution in [0.25, 0.3) is 0 Å². The molecule has 0 saturated carbocycles. The molecule has 0 spiro atoms. The summed E-state index contributed by atoms with van der Waals surface area (Å²) >= 11 is 2.29. The zero-order valence-electron chi connectivity index (χ0n) is 34.9. The minimum atomic E-state index is -0.0377. The minimum absolute atomic E-state index is 0.00471. The van der Waals surface area contributed by atoms with Crippen LogP contribution in [0.15, 0.2) is 48.5 Å². The van der Waals surface area contributed by atoms with Crippen LogP contribution >= 0.6 is 22.6 Å². The number of aldehydes is 2. The molecule has 0 bridgehead atoms. The first-order valence-corrected chi connectivity index (χ1v) is 19.3. The maximum Gasteiger partial charge on any atom is 0.162 e. The molecule has 0 fully saturated rings. The Kier molecular flexibility index (Phi) is 20.2. The van der Waals surface area contributed by atoms with Gasteiger partial charge in [-0.1, -0.05) is 17.8 Å². The third-order valence-corrected chi connectivity index (χ3v) is 8.86. The SMILES string of the molecule is C#Cc1cc(OC)c(OC(C)C)cc1C=O.CCOc1cc(C#Cc2cc(OC)c(OC(C)C)cc2C=O)c(C)cc1OC.CCOc1cc(I)c(C)cc1OC. The minimum Gasteiger partial charge on any atom is -0.493 e. The Hall–Kier alpha value is -5.53. The molecular weight excluding hydrogens is 839 g/mol. The van der Waals surface area contributed by atoms with Gasteiger partial charge in [0.25, 0.3) is 0 Å². The van der Waals surface area contributed by atoms with Crippen LogP contribution in [0.2, 0.25) is 0 Å². The van der Waals surface area contributed by atoms with E-state index in [9.17, 15) is 9.59 Å². The van der Waals surface area contributed by atoms with Gasteiger partial charge in [-0.3, -0.25) is 9.59 Å². The Bertz CT molecular complexity index is 2070. The molecule has 4 aromatic rings. The topological polar surface area (TPSA) is 108 Å². The molecule has 0 amide bonds. The molecule has 57 heavy (non-hydrogen) atoms. The lowest BCUT2D eigenvalue weighted by atomic mass is 10.0. The largest absolute Gasteiger partial charge is 0.493 e. The summed E-state index contributed by atoms with van der Waals surface area (Å²) in [7, 11) is 6.35. The van der Waals surface area contributed by atoms with Crippen molar-refractivity contribution in [2.24, 2.45) is 0 Å². The molecule has 0 unspecified atom stereocenters. The highest BCUT2D eigenvalue weighted by molar-refractivity contribution is 14.1. The molecule has 0 aliphatic rings. The van der Waals surface area contributed by atoms with Crippen molar-refractivity contribution >= 4 is 35.2 Å². The van der Waals surface area contributed by atoms with E-state index in [4.69, 9.17) is 44.3 Å². The number of hydrogen-bond donors (Lipinski definition) is 0. The number of methoxy groups -OCH3 is 4. The normalized spacial score (nSPS) is 9.93. The van der Waals surface area contributed by atoms with Crippen LogP contribution in [0.4, 0.5) is 0 Å². The number of carbonyl (C=O) groups is 2. The van der Waals surface area contributed by atoms with E-state index in [-0.39, 0.29) is 12.2 Å². The number of terminal acetylenes is 1. The molecule has 0 heterocycles. The zero-order chi connectivity index (χ0) is 42.7. The third-order valence-electron chi connectivity index (χ3n) is 7.69. The lowest BCUT2D eigenvalue weighted by Gasteiger charge is -2.14. The molecule has 10 nitrogen and oxygen atoms in total. The van der Waals surface area contributed by atoms with E-state index >= 15 is 0 Å². The average molecular weight is 893 g/mol. The predicted molar refractivity (Wildman–Crippen MR) is 233 cm³/mol. The van der Waals surface area contributed by atoms with Gasteiger partial charge in [0.2, 0.25) is 0 Å². The number of benzene rings is 4.